The van der Waals surface area contributed by atoms with Gasteiger partial charge in [0.1, 0.15) is 5.84 Å². The van der Waals surface area contributed by atoms with E-state index in [2.05, 4.69) is 0 Å². The van der Waals surface area contributed by atoms with Gasteiger partial charge in [-0.15, -0.1) is 0 Å². The van der Waals surface area contributed by atoms with Crippen LogP contribution in [0.5, 0.6) is 0 Å². The third-order valence-corrected chi connectivity index (χ3v) is 6.65. The molecule has 1 amide bonds. The Balaban J connectivity index is 1.54. The number of piperazine rings is 1. The summed E-state index contributed by atoms with van der Waals surface area (Å²) in [5.74, 6) is -0.0639. The molecular formula is C20H24N4O3S. The van der Waals surface area contributed by atoms with Crippen molar-refractivity contribution in [2.24, 2.45) is 5.73 Å². The molecule has 1 aliphatic heterocycles. The Morgan fingerprint density at radius 2 is 1.54 bits per heavy atom. The first-order valence-electron chi connectivity index (χ1n) is 9.08. The van der Waals surface area contributed by atoms with Crippen molar-refractivity contribution in [2.75, 3.05) is 26.2 Å². The molecule has 2 aromatic rings. The fraction of sp³-hybridized carbons (Fsp3) is 0.300. The van der Waals surface area contributed by atoms with E-state index in [4.69, 9.17) is 11.1 Å². The molecule has 3 N–H and O–H groups in total. The van der Waals surface area contributed by atoms with Gasteiger partial charge in [-0.05, 0) is 11.1 Å². The molecular weight excluding hydrogens is 376 g/mol. The summed E-state index contributed by atoms with van der Waals surface area (Å²) in [6, 6.07) is 16.1. The van der Waals surface area contributed by atoms with Crippen molar-refractivity contribution in [3.05, 3.63) is 71.3 Å². The molecule has 148 valence electrons. The largest absolute Gasteiger partial charge is 0.384 e. The smallest absolute Gasteiger partial charge is 0.227 e. The van der Waals surface area contributed by atoms with Gasteiger partial charge in [0, 0.05) is 31.7 Å². The van der Waals surface area contributed by atoms with E-state index in [0.29, 0.717) is 31.7 Å². The van der Waals surface area contributed by atoms with Crippen molar-refractivity contribution in [1.82, 2.24) is 9.21 Å². The number of hydrogen-bond donors (Lipinski definition) is 2. The summed E-state index contributed by atoms with van der Waals surface area (Å²) in [7, 11) is -3.39. The maximum absolute atomic E-state index is 12.6. The monoisotopic (exact) mass is 400 g/mol. The van der Waals surface area contributed by atoms with Crippen LogP contribution in [0.15, 0.2) is 54.6 Å². The minimum Gasteiger partial charge on any atom is -0.384 e. The number of benzene rings is 2. The summed E-state index contributed by atoms with van der Waals surface area (Å²) < 4.78 is 26.7. The van der Waals surface area contributed by atoms with Gasteiger partial charge in [0.2, 0.25) is 15.9 Å². The summed E-state index contributed by atoms with van der Waals surface area (Å²) in [6.07, 6.45) is 0.245. The average Bonchev–Trinajstić information content (AvgIpc) is 2.69. The van der Waals surface area contributed by atoms with Crippen LogP contribution in [0, 0.1) is 5.41 Å². The van der Waals surface area contributed by atoms with Gasteiger partial charge in [0.15, 0.2) is 0 Å². The van der Waals surface area contributed by atoms with Crippen molar-refractivity contribution in [1.29, 1.82) is 5.41 Å². The van der Waals surface area contributed by atoms with Crippen LogP contribution in [-0.2, 0) is 27.0 Å². The van der Waals surface area contributed by atoms with E-state index in [1.165, 1.54) is 4.31 Å². The molecule has 2 aromatic carbocycles. The molecule has 3 rings (SSSR count). The number of sulfonamides is 1. The van der Waals surface area contributed by atoms with Gasteiger partial charge in [0.25, 0.3) is 0 Å². The van der Waals surface area contributed by atoms with E-state index in [1.54, 1.807) is 41.3 Å². The Morgan fingerprint density at radius 3 is 2.11 bits per heavy atom. The van der Waals surface area contributed by atoms with Crippen LogP contribution in [0.4, 0.5) is 0 Å². The van der Waals surface area contributed by atoms with Gasteiger partial charge >= 0.3 is 0 Å². The van der Waals surface area contributed by atoms with Crippen molar-refractivity contribution in [2.45, 2.75) is 12.2 Å². The molecule has 0 radical (unpaired) electrons. The highest BCUT2D eigenvalue weighted by Crippen LogP contribution is 2.15. The Hall–Kier alpha value is -2.71. The second-order valence-corrected chi connectivity index (χ2v) is 8.78. The van der Waals surface area contributed by atoms with Crippen molar-refractivity contribution < 1.29 is 13.2 Å². The van der Waals surface area contributed by atoms with Gasteiger partial charge in [-0.25, -0.2) is 8.42 Å². The van der Waals surface area contributed by atoms with Crippen molar-refractivity contribution >= 4 is 21.8 Å². The average molecular weight is 401 g/mol. The fourth-order valence-electron chi connectivity index (χ4n) is 3.18. The lowest BCUT2D eigenvalue weighted by Crippen LogP contribution is -2.51. The molecule has 1 aliphatic rings. The van der Waals surface area contributed by atoms with E-state index in [1.807, 2.05) is 18.2 Å². The number of nitrogens with two attached hydrogens (primary N) is 1. The second-order valence-electron chi connectivity index (χ2n) is 6.81. The SMILES string of the molecule is N=C(N)c1ccc(CC(=O)N2CCN(S(=O)(=O)Cc3ccccc3)CC2)cc1. The van der Waals surface area contributed by atoms with Crippen LogP contribution in [0.3, 0.4) is 0 Å². The molecule has 1 saturated heterocycles. The Bertz CT molecular complexity index is 935. The van der Waals surface area contributed by atoms with E-state index >= 15 is 0 Å². The van der Waals surface area contributed by atoms with E-state index in [0.717, 1.165) is 11.1 Å². The first-order chi connectivity index (χ1) is 13.3. The van der Waals surface area contributed by atoms with Crippen LogP contribution in [-0.4, -0.2) is 55.5 Å². The summed E-state index contributed by atoms with van der Waals surface area (Å²) in [5.41, 5.74) is 7.65. The molecule has 0 spiro atoms. The number of nitrogens with zero attached hydrogens (tertiary/aromatic N) is 2. The summed E-state index contributed by atoms with van der Waals surface area (Å²) >= 11 is 0. The maximum Gasteiger partial charge on any atom is 0.227 e. The molecule has 0 aliphatic carbocycles. The zero-order valence-electron chi connectivity index (χ0n) is 15.5. The van der Waals surface area contributed by atoms with Gasteiger partial charge in [-0.1, -0.05) is 54.6 Å². The van der Waals surface area contributed by atoms with Gasteiger partial charge in [-0.2, -0.15) is 4.31 Å². The number of rotatable bonds is 6. The van der Waals surface area contributed by atoms with Gasteiger partial charge in [-0.3, -0.25) is 10.2 Å². The Morgan fingerprint density at radius 1 is 0.929 bits per heavy atom. The Kier molecular flexibility index (Phi) is 6.11. The molecule has 28 heavy (non-hydrogen) atoms. The molecule has 1 fully saturated rings. The van der Waals surface area contributed by atoms with Gasteiger partial charge in [0.05, 0.1) is 12.2 Å². The highest BCUT2D eigenvalue weighted by atomic mass is 32.2. The predicted octanol–water partition coefficient (Wildman–Crippen LogP) is 1.19. The molecule has 0 atom stereocenters. The Labute approximate surface area is 165 Å². The lowest BCUT2D eigenvalue weighted by Gasteiger charge is -2.34. The van der Waals surface area contributed by atoms with Crippen molar-refractivity contribution in [3.8, 4) is 0 Å². The molecule has 8 heteroatoms. The summed E-state index contributed by atoms with van der Waals surface area (Å²) in [6.45, 7) is 1.39. The van der Waals surface area contributed by atoms with Crippen molar-refractivity contribution in [3.63, 3.8) is 0 Å². The number of hydrogen-bond acceptors (Lipinski definition) is 4. The molecule has 0 bridgehead atoms. The molecule has 0 unspecified atom stereocenters. The standard InChI is InChI=1S/C20H24N4O3S/c21-20(22)18-8-6-16(7-9-18)14-19(25)23-10-12-24(13-11-23)28(26,27)15-17-4-2-1-3-5-17/h1-9H,10-15H2,(H3,21,22). The van der Waals surface area contributed by atoms with Crippen LogP contribution < -0.4 is 5.73 Å². The van der Waals surface area contributed by atoms with Crippen LogP contribution in [0.1, 0.15) is 16.7 Å². The fourth-order valence-corrected chi connectivity index (χ4v) is 4.70. The highest BCUT2D eigenvalue weighted by Gasteiger charge is 2.28. The van der Waals surface area contributed by atoms with Gasteiger partial charge < -0.3 is 10.6 Å². The minimum absolute atomic E-state index is 0.00860. The zero-order chi connectivity index (χ0) is 20.1. The number of amides is 1. The minimum atomic E-state index is -3.39. The number of carbonyl (C=O) groups excluding carboxylic acids is 1. The normalized spacial score (nSPS) is 15.4. The third-order valence-electron chi connectivity index (χ3n) is 4.80. The second kappa shape index (κ2) is 8.53. The zero-order valence-corrected chi connectivity index (χ0v) is 16.4. The number of carbonyl (C=O) groups is 1. The number of nitrogens with one attached hydrogen (secondary N) is 1. The summed E-state index contributed by atoms with van der Waals surface area (Å²) in [5, 5.41) is 7.40. The van der Waals surface area contributed by atoms with E-state index in [9.17, 15) is 13.2 Å². The highest BCUT2D eigenvalue weighted by molar-refractivity contribution is 7.88. The molecule has 0 saturated carbocycles. The lowest BCUT2D eigenvalue weighted by atomic mass is 10.1. The maximum atomic E-state index is 12.6. The van der Waals surface area contributed by atoms with Crippen LogP contribution in [0.25, 0.3) is 0 Å². The van der Waals surface area contributed by atoms with Crippen LogP contribution in [0.2, 0.25) is 0 Å². The quantitative estimate of drug-likeness (QED) is 0.561. The third kappa shape index (κ3) is 4.96. The topological polar surface area (TPSA) is 108 Å². The molecule has 1 heterocycles. The summed E-state index contributed by atoms with van der Waals surface area (Å²) in [4.78, 5) is 14.2. The first kappa shape index (κ1) is 20.0. The lowest BCUT2D eigenvalue weighted by molar-refractivity contribution is -0.131. The first-order valence-corrected chi connectivity index (χ1v) is 10.7. The predicted molar refractivity (Wildman–Crippen MR) is 108 cm³/mol. The molecule has 0 aromatic heterocycles. The number of nitrogen functional groups attached to an aromatic ring is 1. The molecule has 7 nitrogen and oxygen atoms in total. The van der Waals surface area contributed by atoms with Crippen LogP contribution >= 0.6 is 0 Å². The number of amidine groups is 1. The van der Waals surface area contributed by atoms with E-state index in [-0.39, 0.29) is 23.9 Å². The van der Waals surface area contributed by atoms with E-state index < -0.39 is 10.0 Å².